The van der Waals surface area contributed by atoms with Crippen molar-refractivity contribution in [1.29, 1.82) is 0 Å². The molecule has 0 spiro atoms. The van der Waals surface area contributed by atoms with E-state index in [0.29, 0.717) is 48.4 Å². The number of piperidine rings is 1. The Kier molecular flexibility index (Phi) is 6.00. The molecule has 1 amide bonds. The first-order valence-electron chi connectivity index (χ1n) is 10.6. The lowest BCUT2D eigenvalue weighted by Crippen LogP contribution is -2.39. The normalized spacial score (nSPS) is 18.6. The standard InChI is InChI=1S/C22H22N4O5S2/c27-20(23-16-6-2-1-3-7-16)22-25-24-21(32-22)15-5-4-10-26(14-15)33(28,29)17-8-9-18-19(13-17)31-12-11-30-18/h1-3,6-9,13,15H,4-5,10-12,14H2,(H,23,27). The third kappa shape index (κ3) is 4.56. The van der Waals surface area contributed by atoms with E-state index in [1.54, 1.807) is 24.3 Å². The molecule has 3 aromatic rings. The van der Waals surface area contributed by atoms with Gasteiger partial charge in [0.15, 0.2) is 11.5 Å². The first-order chi connectivity index (χ1) is 16.0. The lowest BCUT2D eigenvalue weighted by Gasteiger charge is -2.31. The van der Waals surface area contributed by atoms with Gasteiger partial charge >= 0.3 is 0 Å². The zero-order chi connectivity index (χ0) is 22.8. The van der Waals surface area contributed by atoms with Gasteiger partial charge in [0.1, 0.15) is 18.2 Å². The second-order valence-corrected chi connectivity index (χ2v) is 10.7. The van der Waals surface area contributed by atoms with E-state index in [9.17, 15) is 13.2 Å². The summed E-state index contributed by atoms with van der Waals surface area (Å²) in [6.07, 6.45) is 1.47. The largest absolute Gasteiger partial charge is 0.486 e. The molecule has 2 aliphatic rings. The van der Waals surface area contributed by atoms with Crippen LogP contribution in [-0.4, -0.2) is 55.1 Å². The number of aromatic nitrogens is 2. The van der Waals surface area contributed by atoms with Gasteiger partial charge in [-0.25, -0.2) is 8.42 Å². The molecule has 1 aromatic heterocycles. The van der Waals surface area contributed by atoms with Crippen molar-refractivity contribution in [2.45, 2.75) is 23.7 Å². The Morgan fingerprint density at radius 1 is 1.06 bits per heavy atom. The number of ether oxygens (including phenoxy) is 2. The maximum atomic E-state index is 13.3. The molecule has 1 N–H and O–H groups in total. The molecule has 2 aromatic carbocycles. The van der Waals surface area contributed by atoms with Gasteiger partial charge in [-0.3, -0.25) is 4.79 Å². The van der Waals surface area contributed by atoms with Crippen LogP contribution < -0.4 is 14.8 Å². The Balaban J connectivity index is 1.30. The van der Waals surface area contributed by atoms with Gasteiger partial charge < -0.3 is 14.8 Å². The molecule has 0 bridgehead atoms. The maximum Gasteiger partial charge on any atom is 0.286 e. The van der Waals surface area contributed by atoms with Crippen LogP contribution in [0.1, 0.15) is 33.6 Å². The van der Waals surface area contributed by atoms with E-state index in [-0.39, 0.29) is 28.3 Å². The van der Waals surface area contributed by atoms with Crippen LogP contribution in [0, 0.1) is 0 Å². The number of hydrogen-bond acceptors (Lipinski definition) is 8. The number of sulfonamides is 1. The molecule has 1 unspecified atom stereocenters. The molecule has 11 heteroatoms. The Morgan fingerprint density at radius 2 is 1.85 bits per heavy atom. The van der Waals surface area contributed by atoms with E-state index in [4.69, 9.17) is 9.47 Å². The molecule has 1 saturated heterocycles. The van der Waals surface area contributed by atoms with Crippen LogP contribution in [0.25, 0.3) is 0 Å². The molecule has 2 aliphatic heterocycles. The highest BCUT2D eigenvalue weighted by molar-refractivity contribution is 7.89. The van der Waals surface area contributed by atoms with Gasteiger partial charge in [-0.05, 0) is 37.1 Å². The Hall–Kier alpha value is -3.02. The van der Waals surface area contributed by atoms with E-state index < -0.39 is 10.0 Å². The Morgan fingerprint density at radius 3 is 2.67 bits per heavy atom. The number of amides is 1. The van der Waals surface area contributed by atoms with Crippen molar-refractivity contribution in [3.05, 3.63) is 58.5 Å². The number of rotatable bonds is 5. The highest BCUT2D eigenvalue weighted by Crippen LogP contribution is 2.36. The van der Waals surface area contributed by atoms with Gasteiger partial charge in [0.2, 0.25) is 15.0 Å². The van der Waals surface area contributed by atoms with Crippen molar-refractivity contribution >= 4 is 33.0 Å². The summed E-state index contributed by atoms with van der Waals surface area (Å²) in [6.45, 7) is 1.54. The zero-order valence-electron chi connectivity index (χ0n) is 17.6. The summed E-state index contributed by atoms with van der Waals surface area (Å²) in [5.74, 6) is 0.531. The smallest absolute Gasteiger partial charge is 0.286 e. The predicted octanol–water partition coefficient (Wildman–Crippen LogP) is 3.13. The average molecular weight is 487 g/mol. The second kappa shape index (κ2) is 9.08. The summed E-state index contributed by atoms with van der Waals surface area (Å²) < 4.78 is 39.1. The van der Waals surface area contributed by atoms with Gasteiger partial charge in [-0.1, -0.05) is 29.5 Å². The molecule has 33 heavy (non-hydrogen) atoms. The Labute approximate surface area is 195 Å². The monoisotopic (exact) mass is 486 g/mol. The van der Waals surface area contributed by atoms with Gasteiger partial charge in [0.05, 0.1) is 4.90 Å². The minimum Gasteiger partial charge on any atom is -0.486 e. The van der Waals surface area contributed by atoms with Gasteiger partial charge in [0, 0.05) is 30.8 Å². The first kappa shape index (κ1) is 21.8. The average Bonchev–Trinajstić information content (AvgIpc) is 3.35. The third-order valence-corrected chi connectivity index (χ3v) is 8.50. The fourth-order valence-corrected chi connectivity index (χ4v) is 6.30. The molecule has 9 nitrogen and oxygen atoms in total. The molecule has 172 valence electrons. The highest BCUT2D eigenvalue weighted by atomic mass is 32.2. The molecular weight excluding hydrogens is 464 g/mol. The lowest BCUT2D eigenvalue weighted by atomic mass is 10.0. The van der Waals surface area contributed by atoms with Crippen LogP contribution in [0.5, 0.6) is 11.5 Å². The topological polar surface area (TPSA) is 111 Å². The maximum absolute atomic E-state index is 13.3. The molecule has 5 rings (SSSR count). The van der Waals surface area contributed by atoms with E-state index in [1.807, 2.05) is 18.2 Å². The Bertz CT molecular complexity index is 1260. The third-order valence-electron chi connectivity index (χ3n) is 5.55. The quantitative estimate of drug-likeness (QED) is 0.590. The van der Waals surface area contributed by atoms with Gasteiger partial charge in [-0.15, -0.1) is 10.2 Å². The number of benzene rings is 2. The number of nitrogens with zero attached hydrogens (tertiary/aromatic N) is 3. The lowest BCUT2D eigenvalue weighted by molar-refractivity contribution is 0.102. The number of para-hydroxylation sites is 1. The van der Waals surface area contributed by atoms with Crippen LogP contribution in [0.2, 0.25) is 0 Å². The highest BCUT2D eigenvalue weighted by Gasteiger charge is 2.33. The van der Waals surface area contributed by atoms with Crippen molar-refractivity contribution in [1.82, 2.24) is 14.5 Å². The predicted molar refractivity (Wildman–Crippen MR) is 122 cm³/mol. The van der Waals surface area contributed by atoms with Crippen molar-refractivity contribution in [2.24, 2.45) is 0 Å². The molecular formula is C22H22N4O5S2. The summed E-state index contributed by atoms with van der Waals surface area (Å²) >= 11 is 1.20. The number of anilines is 1. The molecule has 0 radical (unpaired) electrons. The minimum atomic E-state index is -3.71. The summed E-state index contributed by atoms with van der Waals surface area (Å²) in [5.41, 5.74) is 0.675. The number of hydrogen-bond donors (Lipinski definition) is 1. The summed E-state index contributed by atoms with van der Waals surface area (Å²) in [4.78, 5) is 12.7. The first-order valence-corrected chi connectivity index (χ1v) is 12.9. The van der Waals surface area contributed by atoms with Crippen molar-refractivity contribution in [2.75, 3.05) is 31.6 Å². The SMILES string of the molecule is O=C(Nc1ccccc1)c1nnc(C2CCCN(S(=O)(=O)c3ccc4c(c3)OCCO4)C2)s1. The fraction of sp³-hybridized carbons (Fsp3) is 0.318. The van der Waals surface area contributed by atoms with Gasteiger partial charge in [0.25, 0.3) is 5.91 Å². The van der Waals surface area contributed by atoms with Crippen molar-refractivity contribution < 1.29 is 22.7 Å². The number of carbonyl (C=O) groups is 1. The second-order valence-electron chi connectivity index (χ2n) is 7.77. The summed E-state index contributed by atoms with van der Waals surface area (Å²) in [7, 11) is -3.71. The van der Waals surface area contributed by atoms with Crippen LogP contribution in [0.15, 0.2) is 53.4 Å². The van der Waals surface area contributed by atoms with E-state index >= 15 is 0 Å². The van der Waals surface area contributed by atoms with Crippen LogP contribution in [-0.2, 0) is 10.0 Å². The van der Waals surface area contributed by atoms with Crippen LogP contribution >= 0.6 is 11.3 Å². The fourth-order valence-electron chi connectivity index (χ4n) is 3.89. The van der Waals surface area contributed by atoms with Crippen LogP contribution in [0.3, 0.4) is 0 Å². The van der Waals surface area contributed by atoms with E-state index in [2.05, 4.69) is 15.5 Å². The van der Waals surface area contributed by atoms with Gasteiger partial charge in [-0.2, -0.15) is 4.31 Å². The van der Waals surface area contributed by atoms with Crippen LogP contribution in [0.4, 0.5) is 5.69 Å². The van der Waals surface area contributed by atoms with E-state index in [0.717, 1.165) is 6.42 Å². The summed E-state index contributed by atoms with van der Waals surface area (Å²) in [5, 5.41) is 11.9. The number of carbonyl (C=O) groups excluding carboxylic acids is 1. The molecule has 1 fully saturated rings. The minimum absolute atomic E-state index is 0.124. The number of fused-ring (bicyclic) bond motifs is 1. The molecule has 3 heterocycles. The molecule has 0 aliphatic carbocycles. The van der Waals surface area contributed by atoms with Crippen molar-refractivity contribution in [3.8, 4) is 11.5 Å². The van der Waals surface area contributed by atoms with E-state index in [1.165, 1.54) is 21.7 Å². The number of nitrogens with one attached hydrogen (secondary N) is 1. The molecule has 0 saturated carbocycles. The zero-order valence-corrected chi connectivity index (χ0v) is 19.3. The molecule has 1 atom stereocenters. The summed E-state index contributed by atoms with van der Waals surface area (Å²) in [6, 6.07) is 13.8. The van der Waals surface area contributed by atoms with Crippen molar-refractivity contribution in [3.63, 3.8) is 0 Å².